The molecule has 72 valence electrons. The molecule has 2 nitrogen and oxygen atoms in total. The molecule has 0 unspecified atom stereocenters. The number of hydrogen-bond acceptors (Lipinski definition) is 3. The Bertz CT molecular complexity index is 313. The maximum atomic E-state index is 5.89. The molecule has 0 aliphatic rings. The average molecular weight is 217 g/mol. The molecule has 1 rings (SSSR count). The van der Waals surface area contributed by atoms with Crippen LogP contribution in [0, 0.1) is 6.92 Å². The Morgan fingerprint density at radius 1 is 1.46 bits per heavy atom. The van der Waals surface area contributed by atoms with Crippen molar-refractivity contribution in [2.24, 2.45) is 0 Å². The third-order valence-electron chi connectivity index (χ3n) is 1.84. The van der Waals surface area contributed by atoms with Crippen LogP contribution in [0.2, 0.25) is 5.15 Å². The summed E-state index contributed by atoms with van der Waals surface area (Å²) < 4.78 is 0. The van der Waals surface area contributed by atoms with Gasteiger partial charge in [-0.25, -0.2) is 4.98 Å². The van der Waals surface area contributed by atoms with Crippen LogP contribution in [0.25, 0.3) is 0 Å². The van der Waals surface area contributed by atoms with E-state index in [1.165, 1.54) is 5.56 Å². The van der Waals surface area contributed by atoms with Crippen molar-refractivity contribution in [2.45, 2.75) is 11.9 Å². The molecule has 0 radical (unpaired) electrons. The highest BCUT2D eigenvalue weighted by atomic mass is 35.5. The zero-order valence-corrected chi connectivity index (χ0v) is 9.83. The largest absolute Gasteiger partial charge is 0.377 e. The van der Waals surface area contributed by atoms with E-state index in [0.29, 0.717) is 5.15 Å². The molecule has 0 N–H and O–H groups in total. The fourth-order valence-corrected chi connectivity index (χ4v) is 2.05. The van der Waals surface area contributed by atoms with E-state index < -0.39 is 0 Å². The molecule has 1 aromatic heterocycles. The van der Waals surface area contributed by atoms with E-state index in [1.807, 2.05) is 31.3 Å². The van der Waals surface area contributed by atoms with Crippen LogP contribution in [0.5, 0.6) is 0 Å². The molecule has 0 atom stereocenters. The minimum atomic E-state index is 0.554. The highest BCUT2D eigenvalue weighted by molar-refractivity contribution is 7.98. The van der Waals surface area contributed by atoms with Gasteiger partial charge in [0.05, 0.1) is 0 Å². The summed E-state index contributed by atoms with van der Waals surface area (Å²) in [4.78, 5) is 6.28. The van der Waals surface area contributed by atoms with Gasteiger partial charge in [0.25, 0.3) is 0 Å². The third kappa shape index (κ3) is 2.29. The number of nitrogens with zero attached hydrogens (tertiary/aromatic N) is 2. The number of halogens is 1. The fraction of sp³-hybridized carbons (Fsp3) is 0.444. The monoisotopic (exact) mass is 216 g/mol. The first-order chi connectivity index (χ1) is 6.06. The van der Waals surface area contributed by atoms with Gasteiger partial charge in [-0.1, -0.05) is 11.6 Å². The molecule has 0 aromatic carbocycles. The summed E-state index contributed by atoms with van der Waals surface area (Å²) in [6, 6.07) is 1.89. The zero-order chi connectivity index (χ0) is 10.0. The lowest BCUT2D eigenvalue weighted by Crippen LogP contribution is -2.11. The molecule has 1 heterocycles. The SMILES string of the molecule is CSc1nc(Cl)cc(N(C)C)c1C. The number of rotatable bonds is 2. The number of thioether (sulfide) groups is 1. The summed E-state index contributed by atoms with van der Waals surface area (Å²) in [7, 11) is 4.01. The van der Waals surface area contributed by atoms with Gasteiger partial charge in [0, 0.05) is 25.3 Å². The summed E-state index contributed by atoms with van der Waals surface area (Å²) in [5.74, 6) is 0. The van der Waals surface area contributed by atoms with E-state index in [4.69, 9.17) is 11.6 Å². The van der Waals surface area contributed by atoms with Gasteiger partial charge in [0.2, 0.25) is 0 Å². The minimum absolute atomic E-state index is 0.554. The molecule has 13 heavy (non-hydrogen) atoms. The number of hydrogen-bond donors (Lipinski definition) is 0. The molecular weight excluding hydrogens is 204 g/mol. The highest BCUT2D eigenvalue weighted by Crippen LogP contribution is 2.28. The van der Waals surface area contributed by atoms with Crippen LogP contribution in [-0.2, 0) is 0 Å². The first kappa shape index (κ1) is 10.7. The second-order valence-corrected chi connectivity index (χ2v) is 4.18. The van der Waals surface area contributed by atoms with Crippen molar-refractivity contribution < 1.29 is 0 Å². The Balaban J connectivity index is 3.27. The lowest BCUT2D eigenvalue weighted by molar-refractivity contribution is 1.03. The van der Waals surface area contributed by atoms with Crippen molar-refractivity contribution in [2.75, 3.05) is 25.3 Å². The van der Waals surface area contributed by atoms with Gasteiger partial charge in [-0.05, 0) is 19.2 Å². The zero-order valence-electron chi connectivity index (χ0n) is 8.26. The summed E-state index contributed by atoms with van der Waals surface area (Å²) in [6.45, 7) is 2.06. The molecule has 0 aliphatic heterocycles. The minimum Gasteiger partial charge on any atom is -0.377 e. The van der Waals surface area contributed by atoms with Gasteiger partial charge in [0.15, 0.2) is 0 Å². The molecule has 0 saturated heterocycles. The number of aromatic nitrogens is 1. The van der Waals surface area contributed by atoms with E-state index in [2.05, 4.69) is 11.9 Å². The van der Waals surface area contributed by atoms with Gasteiger partial charge in [0.1, 0.15) is 10.2 Å². The van der Waals surface area contributed by atoms with Gasteiger partial charge in [-0.3, -0.25) is 0 Å². The predicted octanol–water partition coefficient (Wildman–Crippen LogP) is 2.83. The maximum Gasteiger partial charge on any atom is 0.132 e. The topological polar surface area (TPSA) is 16.1 Å². The van der Waals surface area contributed by atoms with Crippen molar-refractivity contribution in [3.05, 3.63) is 16.8 Å². The normalized spacial score (nSPS) is 10.2. The van der Waals surface area contributed by atoms with Crippen molar-refractivity contribution in [1.82, 2.24) is 4.98 Å². The summed E-state index contributed by atoms with van der Waals surface area (Å²) in [6.07, 6.45) is 2.01. The standard InChI is InChI=1S/C9H13ClN2S/c1-6-7(12(2)3)5-8(10)11-9(6)13-4/h5H,1-4H3. The van der Waals surface area contributed by atoms with E-state index in [1.54, 1.807) is 11.8 Å². The summed E-state index contributed by atoms with van der Waals surface area (Å²) in [5, 5.41) is 1.55. The molecule has 0 spiro atoms. The molecule has 1 aromatic rings. The van der Waals surface area contributed by atoms with Crippen molar-refractivity contribution >= 4 is 29.1 Å². The Labute approximate surface area is 88.3 Å². The van der Waals surface area contributed by atoms with Crippen LogP contribution in [0.3, 0.4) is 0 Å². The van der Waals surface area contributed by atoms with Gasteiger partial charge < -0.3 is 4.90 Å². The van der Waals surface area contributed by atoms with Crippen LogP contribution < -0.4 is 4.90 Å². The Hall–Kier alpha value is -0.410. The van der Waals surface area contributed by atoms with Crippen LogP contribution in [-0.4, -0.2) is 25.3 Å². The first-order valence-corrected chi connectivity index (χ1v) is 5.55. The average Bonchev–Trinajstić information content (AvgIpc) is 2.08. The summed E-state index contributed by atoms with van der Waals surface area (Å²) >= 11 is 7.51. The van der Waals surface area contributed by atoms with E-state index in [9.17, 15) is 0 Å². The highest BCUT2D eigenvalue weighted by Gasteiger charge is 2.08. The number of pyridine rings is 1. The third-order valence-corrected chi connectivity index (χ3v) is 2.82. The Morgan fingerprint density at radius 3 is 2.54 bits per heavy atom. The van der Waals surface area contributed by atoms with Crippen molar-refractivity contribution in [3.63, 3.8) is 0 Å². The van der Waals surface area contributed by atoms with Gasteiger partial charge in [-0.2, -0.15) is 0 Å². The second-order valence-electron chi connectivity index (χ2n) is 2.99. The first-order valence-electron chi connectivity index (χ1n) is 3.94. The van der Waals surface area contributed by atoms with E-state index >= 15 is 0 Å². The molecule has 0 saturated carbocycles. The molecule has 0 fully saturated rings. The smallest absolute Gasteiger partial charge is 0.132 e. The molecule has 0 amide bonds. The van der Waals surface area contributed by atoms with Crippen LogP contribution in [0.15, 0.2) is 11.1 Å². The Morgan fingerprint density at radius 2 is 2.08 bits per heavy atom. The number of anilines is 1. The van der Waals surface area contributed by atoms with Crippen LogP contribution in [0.4, 0.5) is 5.69 Å². The summed E-state index contributed by atoms with van der Waals surface area (Å²) in [5.41, 5.74) is 2.31. The predicted molar refractivity (Wildman–Crippen MR) is 60.1 cm³/mol. The Kier molecular flexibility index (Phi) is 3.45. The maximum absolute atomic E-state index is 5.89. The molecule has 0 bridgehead atoms. The molecular formula is C9H13ClN2S. The van der Waals surface area contributed by atoms with Gasteiger partial charge in [-0.15, -0.1) is 11.8 Å². The lowest BCUT2D eigenvalue weighted by Gasteiger charge is -2.17. The molecule has 0 aliphatic carbocycles. The van der Waals surface area contributed by atoms with Crippen molar-refractivity contribution in [3.8, 4) is 0 Å². The second kappa shape index (κ2) is 4.20. The van der Waals surface area contributed by atoms with E-state index in [0.717, 1.165) is 10.7 Å². The van der Waals surface area contributed by atoms with Crippen LogP contribution >= 0.6 is 23.4 Å². The van der Waals surface area contributed by atoms with Gasteiger partial charge >= 0.3 is 0 Å². The van der Waals surface area contributed by atoms with Crippen molar-refractivity contribution in [1.29, 1.82) is 0 Å². The van der Waals surface area contributed by atoms with E-state index in [-0.39, 0.29) is 0 Å². The quantitative estimate of drug-likeness (QED) is 0.559. The lowest BCUT2D eigenvalue weighted by atomic mass is 10.2. The van der Waals surface area contributed by atoms with Crippen LogP contribution in [0.1, 0.15) is 5.56 Å². The fourth-order valence-electron chi connectivity index (χ4n) is 1.21. The molecule has 4 heteroatoms.